The number of carbonyl (C=O) groups is 1. The molecule has 0 saturated carbocycles. The minimum Gasteiger partial charge on any atom is -0.496 e. The molecule has 1 atom stereocenters. The first-order valence-electron chi connectivity index (χ1n) is 6.53. The summed E-state index contributed by atoms with van der Waals surface area (Å²) in [5.41, 5.74) is -0.292. The Morgan fingerprint density at radius 3 is 2.67 bits per heavy atom. The van der Waals surface area contributed by atoms with Crippen LogP contribution in [0.1, 0.15) is 23.7 Å². The standard InChI is InChI=1S/C14H19NO4S2/c1-14(6-7-21(17,18)9-14)15-13(16)11-5-4-10(20-3)8-12(11)19-2/h4-5,8H,6-7,9H2,1-3H3,(H,15,16)/t14-/m0/s1. The number of rotatable bonds is 4. The molecule has 1 N–H and O–H groups in total. The van der Waals surface area contributed by atoms with Gasteiger partial charge in [-0.25, -0.2) is 8.42 Å². The zero-order chi connectivity index (χ0) is 15.7. The van der Waals surface area contributed by atoms with E-state index in [-0.39, 0.29) is 17.4 Å². The number of ether oxygens (including phenoxy) is 1. The second kappa shape index (κ2) is 5.88. The number of methoxy groups -OCH3 is 1. The summed E-state index contributed by atoms with van der Waals surface area (Å²) in [6, 6.07) is 5.34. The number of hydrogen-bond acceptors (Lipinski definition) is 5. The second-order valence-corrected chi connectivity index (χ2v) is 8.49. The van der Waals surface area contributed by atoms with E-state index in [1.54, 1.807) is 30.8 Å². The minimum absolute atomic E-state index is 0.0169. The zero-order valence-corrected chi connectivity index (χ0v) is 13.9. The van der Waals surface area contributed by atoms with Gasteiger partial charge in [-0.2, -0.15) is 0 Å². The zero-order valence-electron chi connectivity index (χ0n) is 12.3. The van der Waals surface area contributed by atoms with Gasteiger partial charge in [0.05, 0.1) is 29.7 Å². The molecule has 1 aromatic rings. The Balaban J connectivity index is 2.21. The van der Waals surface area contributed by atoms with Gasteiger partial charge < -0.3 is 10.1 Å². The first kappa shape index (κ1) is 16.2. The highest BCUT2D eigenvalue weighted by atomic mass is 32.2. The molecule has 0 unspecified atom stereocenters. The lowest BCUT2D eigenvalue weighted by molar-refractivity contribution is 0.0912. The van der Waals surface area contributed by atoms with Gasteiger partial charge >= 0.3 is 0 Å². The molecule has 116 valence electrons. The van der Waals surface area contributed by atoms with Crippen LogP contribution in [-0.4, -0.2) is 44.7 Å². The van der Waals surface area contributed by atoms with E-state index in [1.807, 2.05) is 12.3 Å². The Bertz CT molecular complexity index is 657. The molecule has 7 heteroatoms. The van der Waals surface area contributed by atoms with Crippen LogP contribution in [0.3, 0.4) is 0 Å². The Hall–Kier alpha value is -1.21. The molecule has 1 aliphatic rings. The lowest BCUT2D eigenvalue weighted by atomic mass is 10.0. The van der Waals surface area contributed by atoms with Crippen molar-refractivity contribution in [2.75, 3.05) is 24.9 Å². The Morgan fingerprint density at radius 1 is 1.43 bits per heavy atom. The molecule has 5 nitrogen and oxygen atoms in total. The fourth-order valence-electron chi connectivity index (χ4n) is 2.44. The van der Waals surface area contributed by atoms with Crippen LogP contribution in [0.4, 0.5) is 0 Å². The number of benzene rings is 1. The molecule has 0 aliphatic carbocycles. The summed E-state index contributed by atoms with van der Waals surface area (Å²) in [6.45, 7) is 1.76. The van der Waals surface area contributed by atoms with Crippen molar-refractivity contribution in [2.24, 2.45) is 0 Å². The molecule has 1 fully saturated rings. The maximum atomic E-state index is 12.4. The van der Waals surface area contributed by atoms with Gasteiger partial charge in [-0.15, -0.1) is 11.8 Å². The van der Waals surface area contributed by atoms with Gasteiger partial charge in [0.2, 0.25) is 0 Å². The minimum atomic E-state index is -3.06. The number of sulfone groups is 1. The summed E-state index contributed by atoms with van der Waals surface area (Å²) in [7, 11) is -1.55. The van der Waals surface area contributed by atoms with E-state index in [2.05, 4.69) is 5.32 Å². The van der Waals surface area contributed by atoms with Crippen molar-refractivity contribution < 1.29 is 17.9 Å². The van der Waals surface area contributed by atoms with Crippen LogP contribution in [0.15, 0.2) is 23.1 Å². The monoisotopic (exact) mass is 329 g/mol. The highest BCUT2D eigenvalue weighted by Crippen LogP contribution is 2.27. The topological polar surface area (TPSA) is 72.5 Å². The van der Waals surface area contributed by atoms with Gasteiger partial charge in [-0.05, 0) is 37.8 Å². The predicted molar refractivity (Wildman–Crippen MR) is 83.9 cm³/mol. The first-order valence-corrected chi connectivity index (χ1v) is 9.58. The molecule has 1 amide bonds. The van der Waals surface area contributed by atoms with E-state index < -0.39 is 15.4 Å². The maximum absolute atomic E-state index is 12.4. The normalized spacial score (nSPS) is 23.8. The predicted octanol–water partition coefficient (Wildman–Crippen LogP) is 1.72. The number of carbonyl (C=O) groups excluding carboxylic acids is 1. The SMILES string of the molecule is COc1cc(SC)ccc1C(=O)N[C@@]1(C)CCS(=O)(=O)C1. The average Bonchev–Trinajstić information content (AvgIpc) is 2.71. The van der Waals surface area contributed by atoms with Gasteiger partial charge in [-0.3, -0.25) is 4.79 Å². The largest absolute Gasteiger partial charge is 0.496 e. The lowest BCUT2D eigenvalue weighted by Gasteiger charge is -2.24. The fourth-order valence-corrected chi connectivity index (χ4v) is 4.96. The van der Waals surface area contributed by atoms with Crippen LogP contribution in [0, 0.1) is 0 Å². The summed E-state index contributed by atoms with van der Waals surface area (Å²) in [5.74, 6) is 0.284. The van der Waals surface area contributed by atoms with E-state index in [0.29, 0.717) is 17.7 Å². The van der Waals surface area contributed by atoms with Crippen molar-refractivity contribution in [3.8, 4) is 5.75 Å². The Morgan fingerprint density at radius 2 is 2.14 bits per heavy atom. The Labute approximate surface area is 129 Å². The third kappa shape index (κ3) is 3.71. The van der Waals surface area contributed by atoms with Crippen molar-refractivity contribution >= 4 is 27.5 Å². The van der Waals surface area contributed by atoms with Gasteiger partial charge in [0.25, 0.3) is 5.91 Å². The molecule has 0 radical (unpaired) electrons. The second-order valence-electron chi connectivity index (χ2n) is 5.42. The van der Waals surface area contributed by atoms with Crippen LogP contribution in [0.5, 0.6) is 5.75 Å². The van der Waals surface area contributed by atoms with Gasteiger partial charge in [0.1, 0.15) is 5.75 Å². The molecule has 1 heterocycles. The first-order chi connectivity index (χ1) is 9.78. The molecule has 1 aliphatic heterocycles. The number of nitrogens with one attached hydrogen (secondary N) is 1. The van der Waals surface area contributed by atoms with Crippen LogP contribution >= 0.6 is 11.8 Å². The molecule has 0 spiro atoms. The highest BCUT2D eigenvalue weighted by molar-refractivity contribution is 7.98. The number of amides is 1. The van der Waals surface area contributed by atoms with E-state index >= 15 is 0 Å². The van der Waals surface area contributed by atoms with Crippen molar-refractivity contribution in [1.29, 1.82) is 0 Å². The van der Waals surface area contributed by atoms with E-state index in [4.69, 9.17) is 4.74 Å². The molecule has 0 aromatic heterocycles. The third-order valence-corrected chi connectivity index (χ3v) is 6.20. The van der Waals surface area contributed by atoms with Crippen LogP contribution in [0.25, 0.3) is 0 Å². The van der Waals surface area contributed by atoms with Crippen molar-refractivity contribution in [2.45, 2.75) is 23.8 Å². The molecule has 1 saturated heterocycles. The van der Waals surface area contributed by atoms with Crippen molar-refractivity contribution in [1.82, 2.24) is 5.32 Å². The molecule has 21 heavy (non-hydrogen) atoms. The van der Waals surface area contributed by atoms with Crippen LogP contribution < -0.4 is 10.1 Å². The molecule has 1 aromatic carbocycles. The van der Waals surface area contributed by atoms with Gasteiger partial charge in [-0.1, -0.05) is 0 Å². The summed E-state index contributed by atoms with van der Waals surface area (Å²) >= 11 is 1.56. The molecular weight excluding hydrogens is 310 g/mol. The third-order valence-electron chi connectivity index (χ3n) is 3.57. The van der Waals surface area contributed by atoms with Crippen molar-refractivity contribution in [3.63, 3.8) is 0 Å². The summed E-state index contributed by atoms with van der Waals surface area (Å²) < 4.78 is 28.4. The summed E-state index contributed by atoms with van der Waals surface area (Å²) in [5, 5.41) is 2.83. The average molecular weight is 329 g/mol. The number of hydrogen-bond donors (Lipinski definition) is 1. The number of thioether (sulfide) groups is 1. The maximum Gasteiger partial charge on any atom is 0.255 e. The van der Waals surface area contributed by atoms with Crippen LogP contribution in [0.2, 0.25) is 0 Å². The summed E-state index contributed by atoms with van der Waals surface area (Å²) in [6.07, 6.45) is 2.38. The lowest BCUT2D eigenvalue weighted by Crippen LogP contribution is -2.47. The van der Waals surface area contributed by atoms with Gasteiger partial charge in [0, 0.05) is 4.90 Å². The van der Waals surface area contributed by atoms with Crippen LogP contribution in [-0.2, 0) is 9.84 Å². The molecule has 0 bridgehead atoms. The Kier molecular flexibility index (Phi) is 4.53. The molecular formula is C14H19NO4S2. The quantitative estimate of drug-likeness (QED) is 0.852. The van der Waals surface area contributed by atoms with Gasteiger partial charge in [0.15, 0.2) is 9.84 Å². The molecule has 2 rings (SSSR count). The summed E-state index contributed by atoms with van der Waals surface area (Å²) in [4.78, 5) is 13.4. The fraction of sp³-hybridized carbons (Fsp3) is 0.500. The highest BCUT2D eigenvalue weighted by Gasteiger charge is 2.39. The smallest absolute Gasteiger partial charge is 0.255 e. The van der Waals surface area contributed by atoms with E-state index in [1.165, 1.54) is 7.11 Å². The van der Waals surface area contributed by atoms with E-state index in [0.717, 1.165) is 4.90 Å². The van der Waals surface area contributed by atoms with Crippen molar-refractivity contribution in [3.05, 3.63) is 23.8 Å². The van der Waals surface area contributed by atoms with E-state index in [9.17, 15) is 13.2 Å².